The maximum Gasteiger partial charge on any atom is 0.323 e. The molecule has 3 N–H and O–H groups in total. The van der Waals surface area contributed by atoms with E-state index >= 15 is 0 Å². The van der Waals surface area contributed by atoms with Crippen molar-refractivity contribution in [2.75, 3.05) is 13.1 Å². The third kappa shape index (κ3) is 4.45. The Morgan fingerprint density at radius 3 is 2.52 bits per heavy atom. The zero-order valence-corrected chi connectivity index (χ0v) is 12.2. The molecule has 0 atom stereocenters. The third-order valence-electron chi connectivity index (χ3n) is 3.11. The van der Waals surface area contributed by atoms with E-state index < -0.39 is 31.0 Å². The van der Waals surface area contributed by atoms with Gasteiger partial charge in [0.25, 0.3) is 0 Å². The largest absolute Gasteiger partial charge is 0.480 e. The summed E-state index contributed by atoms with van der Waals surface area (Å²) in [6.45, 7) is -0.505. The van der Waals surface area contributed by atoms with Crippen LogP contribution in [-0.4, -0.2) is 51.9 Å². The van der Waals surface area contributed by atoms with Gasteiger partial charge in [0.1, 0.15) is 13.1 Å². The highest BCUT2D eigenvalue weighted by molar-refractivity contribution is 7.07. The molecule has 21 heavy (non-hydrogen) atoms. The lowest BCUT2D eigenvalue weighted by molar-refractivity contribution is -0.138. The van der Waals surface area contributed by atoms with Crippen LogP contribution >= 0.6 is 11.3 Å². The quantitative estimate of drug-likeness (QED) is 0.773. The van der Waals surface area contributed by atoms with Crippen LogP contribution < -0.4 is 5.73 Å². The zero-order valence-electron chi connectivity index (χ0n) is 11.4. The van der Waals surface area contributed by atoms with Gasteiger partial charge in [-0.2, -0.15) is 11.3 Å². The Bertz CT molecular complexity index is 512. The first-order chi connectivity index (χ1) is 9.97. The number of hydrogen-bond donors (Lipinski definition) is 2. The van der Waals surface area contributed by atoms with Gasteiger partial charge in [-0.15, -0.1) is 0 Å². The van der Waals surface area contributed by atoms with Gasteiger partial charge in [-0.25, -0.2) is 4.79 Å². The molecule has 0 radical (unpaired) electrons. The van der Waals surface area contributed by atoms with Gasteiger partial charge in [0.15, 0.2) is 0 Å². The van der Waals surface area contributed by atoms with Crippen molar-refractivity contribution >= 4 is 29.2 Å². The van der Waals surface area contributed by atoms with E-state index in [1.807, 2.05) is 16.8 Å². The number of nitrogens with zero attached hydrogens (tertiary/aromatic N) is 2. The van der Waals surface area contributed by atoms with E-state index in [-0.39, 0.29) is 6.04 Å². The number of primary amides is 1. The number of thiophene rings is 1. The molecule has 0 aromatic carbocycles. The van der Waals surface area contributed by atoms with Crippen LogP contribution in [0.5, 0.6) is 0 Å². The van der Waals surface area contributed by atoms with Gasteiger partial charge < -0.3 is 20.6 Å². The van der Waals surface area contributed by atoms with Crippen LogP contribution in [0.25, 0.3) is 0 Å². The lowest BCUT2D eigenvalue weighted by Crippen LogP contribution is -2.49. The molecule has 1 aliphatic rings. The second-order valence-electron chi connectivity index (χ2n) is 4.99. The molecule has 1 fully saturated rings. The molecule has 114 valence electrons. The standard InChI is InChI=1S/C13H17N3O4S/c14-11(17)6-15(7-12(18)19)13(20)16(10-1-2-10)5-9-3-4-21-8-9/h3-4,8,10H,1-2,5-7H2,(H2,14,17)(H,18,19). The van der Waals surface area contributed by atoms with Crippen LogP contribution in [0.3, 0.4) is 0 Å². The van der Waals surface area contributed by atoms with Gasteiger partial charge in [-0.3, -0.25) is 9.59 Å². The maximum absolute atomic E-state index is 12.5. The summed E-state index contributed by atoms with van der Waals surface area (Å²) in [7, 11) is 0. The molecule has 0 aliphatic heterocycles. The Morgan fingerprint density at radius 1 is 1.33 bits per heavy atom. The van der Waals surface area contributed by atoms with Crippen molar-refractivity contribution in [3.05, 3.63) is 22.4 Å². The maximum atomic E-state index is 12.5. The zero-order chi connectivity index (χ0) is 15.4. The number of carboxylic acids is 1. The molecular formula is C13H17N3O4S. The van der Waals surface area contributed by atoms with Gasteiger partial charge in [0, 0.05) is 12.6 Å². The average Bonchev–Trinajstić information content (AvgIpc) is 3.10. The van der Waals surface area contributed by atoms with Crippen molar-refractivity contribution in [2.24, 2.45) is 5.73 Å². The Balaban J connectivity index is 2.10. The molecule has 1 aromatic rings. The first kappa shape index (κ1) is 15.3. The Morgan fingerprint density at radius 2 is 2.05 bits per heavy atom. The summed E-state index contributed by atoms with van der Waals surface area (Å²) >= 11 is 1.54. The average molecular weight is 311 g/mol. The fraction of sp³-hybridized carbons (Fsp3) is 0.462. The second-order valence-corrected chi connectivity index (χ2v) is 5.77. The SMILES string of the molecule is NC(=O)CN(CC(=O)O)C(=O)N(Cc1ccsc1)C1CC1. The van der Waals surface area contributed by atoms with Crippen molar-refractivity contribution in [2.45, 2.75) is 25.4 Å². The van der Waals surface area contributed by atoms with Gasteiger partial charge in [0.2, 0.25) is 5.91 Å². The molecule has 0 spiro atoms. The van der Waals surface area contributed by atoms with E-state index in [0.717, 1.165) is 23.3 Å². The Labute approximate surface area is 125 Å². The number of nitrogens with two attached hydrogens (primary N) is 1. The van der Waals surface area contributed by atoms with E-state index in [0.29, 0.717) is 6.54 Å². The van der Waals surface area contributed by atoms with Crippen molar-refractivity contribution in [1.82, 2.24) is 9.80 Å². The van der Waals surface area contributed by atoms with Gasteiger partial charge in [-0.05, 0) is 35.2 Å². The van der Waals surface area contributed by atoms with Crippen LogP contribution in [0.4, 0.5) is 4.79 Å². The minimum Gasteiger partial charge on any atom is -0.480 e. The highest BCUT2D eigenvalue weighted by Gasteiger charge is 2.35. The number of rotatable bonds is 7. The molecule has 8 heteroatoms. The minimum absolute atomic E-state index is 0.113. The Kier molecular flexibility index (Phi) is 4.79. The number of amides is 3. The normalized spacial score (nSPS) is 13.7. The molecule has 1 aliphatic carbocycles. The van der Waals surface area contributed by atoms with Crippen molar-refractivity contribution in [3.63, 3.8) is 0 Å². The second kappa shape index (κ2) is 6.57. The molecule has 0 saturated heterocycles. The number of urea groups is 1. The van der Waals surface area contributed by atoms with Gasteiger partial charge in [0.05, 0.1) is 0 Å². The number of hydrogen-bond acceptors (Lipinski definition) is 4. The Hall–Kier alpha value is -2.09. The van der Waals surface area contributed by atoms with Crippen LogP contribution in [0.1, 0.15) is 18.4 Å². The number of aliphatic carboxylic acids is 1. The molecule has 1 saturated carbocycles. The summed E-state index contributed by atoms with van der Waals surface area (Å²) in [5, 5.41) is 12.7. The number of carbonyl (C=O) groups excluding carboxylic acids is 2. The highest BCUT2D eigenvalue weighted by Crippen LogP contribution is 2.29. The topological polar surface area (TPSA) is 104 Å². The lowest BCUT2D eigenvalue weighted by Gasteiger charge is -2.29. The van der Waals surface area contributed by atoms with E-state index in [1.165, 1.54) is 11.3 Å². The van der Waals surface area contributed by atoms with Gasteiger partial charge in [-0.1, -0.05) is 0 Å². The van der Waals surface area contributed by atoms with Crippen molar-refractivity contribution in [1.29, 1.82) is 0 Å². The summed E-state index contributed by atoms with van der Waals surface area (Å²) in [5.74, 6) is -1.90. The number of carbonyl (C=O) groups is 3. The van der Waals surface area contributed by atoms with E-state index in [2.05, 4.69) is 0 Å². The van der Waals surface area contributed by atoms with E-state index in [4.69, 9.17) is 10.8 Å². The van der Waals surface area contributed by atoms with Crippen LogP contribution in [0, 0.1) is 0 Å². The van der Waals surface area contributed by atoms with E-state index in [1.54, 1.807) is 4.90 Å². The molecule has 0 unspecified atom stereocenters. The summed E-state index contributed by atoms with van der Waals surface area (Å²) < 4.78 is 0. The smallest absolute Gasteiger partial charge is 0.323 e. The first-order valence-electron chi connectivity index (χ1n) is 6.54. The van der Waals surface area contributed by atoms with Gasteiger partial charge >= 0.3 is 12.0 Å². The van der Waals surface area contributed by atoms with Crippen molar-refractivity contribution in [3.8, 4) is 0 Å². The molecule has 0 bridgehead atoms. The predicted octanol–water partition coefficient (Wildman–Crippen LogP) is 0.704. The third-order valence-corrected chi connectivity index (χ3v) is 3.84. The van der Waals surface area contributed by atoms with Crippen LogP contribution in [0.2, 0.25) is 0 Å². The molecule has 3 amide bonds. The summed E-state index contributed by atoms with van der Waals surface area (Å²) in [6.07, 6.45) is 1.79. The summed E-state index contributed by atoms with van der Waals surface area (Å²) in [4.78, 5) is 37.0. The fourth-order valence-corrected chi connectivity index (χ4v) is 2.70. The fourth-order valence-electron chi connectivity index (χ4n) is 2.04. The highest BCUT2D eigenvalue weighted by atomic mass is 32.1. The predicted molar refractivity (Wildman–Crippen MR) is 76.7 cm³/mol. The molecule has 7 nitrogen and oxygen atoms in total. The van der Waals surface area contributed by atoms with Crippen LogP contribution in [-0.2, 0) is 16.1 Å². The monoisotopic (exact) mass is 311 g/mol. The number of carboxylic acid groups (broad SMARTS) is 1. The lowest BCUT2D eigenvalue weighted by atomic mass is 10.3. The first-order valence-corrected chi connectivity index (χ1v) is 7.48. The molecule has 1 heterocycles. The molecule has 1 aromatic heterocycles. The van der Waals surface area contributed by atoms with Crippen molar-refractivity contribution < 1.29 is 19.5 Å². The minimum atomic E-state index is -1.17. The van der Waals surface area contributed by atoms with Crippen LogP contribution in [0.15, 0.2) is 16.8 Å². The molecule has 2 rings (SSSR count). The summed E-state index contributed by atoms with van der Waals surface area (Å²) in [6, 6.07) is 1.58. The molecular weight excluding hydrogens is 294 g/mol. The summed E-state index contributed by atoms with van der Waals surface area (Å²) in [5.41, 5.74) is 6.09. The van der Waals surface area contributed by atoms with E-state index in [9.17, 15) is 14.4 Å².